The van der Waals surface area contributed by atoms with Gasteiger partial charge < -0.3 is 4.74 Å². The van der Waals surface area contributed by atoms with Gasteiger partial charge in [0.05, 0.1) is 0 Å². The minimum absolute atomic E-state index is 0.0316. The van der Waals surface area contributed by atoms with Gasteiger partial charge >= 0.3 is 5.97 Å². The van der Waals surface area contributed by atoms with Gasteiger partial charge in [-0.05, 0) is 68.1 Å². The Bertz CT molecular complexity index is 818. The molecule has 0 aromatic heterocycles. The number of Topliss-reactive ketones (excluding diaryl/α,β-unsaturated/α-hetero) is 1. The van der Waals surface area contributed by atoms with Gasteiger partial charge in [-0.3, -0.25) is 14.4 Å². The molecule has 0 aromatic carbocycles. The molecular weight excluding hydrogens is 340 g/mol. The van der Waals surface area contributed by atoms with Crippen molar-refractivity contribution in [3.05, 3.63) is 36.0 Å². The number of rotatable bonds is 2. The van der Waals surface area contributed by atoms with Crippen molar-refractivity contribution in [3.63, 3.8) is 0 Å². The normalized spacial score (nSPS) is 44.8. The molecule has 144 valence electrons. The Hall–Kier alpha value is -1.97. The molecule has 6 atom stereocenters. The highest BCUT2D eigenvalue weighted by molar-refractivity contribution is 6.01. The predicted molar refractivity (Wildman–Crippen MR) is 102 cm³/mol. The van der Waals surface area contributed by atoms with E-state index in [0.717, 1.165) is 24.8 Å². The predicted octanol–water partition coefficient (Wildman–Crippen LogP) is 3.96. The molecule has 2 fully saturated rings. The van der Waals surface area contributed by atoms with E-state index in [1.54, 1.807) is 19.1 Å². The van der Waals surface area contributed by atoms with Crippen molar-refractivity contribution in [2.75, 3.05) is 0 Å². The van der Waals surface area contributed by atoms with Crippen molar-refractivity contribution in [1.82, 2.24) is 0 Å². The molecule has 0 unspecified atom stereocenters. The van der Waals surface area contributed by atoms with E-state index in [-0.39, 0.29) is 28.4 Å². The Balaban J connectivity index is 1.76. The lowest BCUT2D eigenvalue weighted by Gasteiger charge is -2.56. The summed E-state index contributed by atoms with van der Waals surface area (Å²) in [4.78, 5) is 36.4. The second-order valence-electron chi connectivity index (χ2n) is 9.24. The number of ketones is 2. The van der Waals surface area contributed by atoms with Gasteiger partial charge in [-0.25, -0.2) is 0 Å². The summed E-state index contributed by atoms with van der Waals surface area (Å²) in [6.45, 7) is 7.34. The molecule has 0 spiro atoms. The zero-order valence-electron chi connectivity index (χ0n) is 16.6. The van der Waals surface area contributed by atoms with Crippen molar-refractivity contribution in [2.45, 2.75) is 59.0 Å². The fourth-order valence-corrected chi connectivity index (χ4v) is 6.71. The molecule has 2 saturated carbocycles. The zero-order chi connectivity index (χ0) is 19.6. The zero-order valence-corrected chi connectivity index (χ0v) is 16.6. The van der Waals surface area contributed by atoms with Crippen LogP contribution in [0.2, 0.25) is 0 Å². The highest BCUT2D eigenvalue weighted by Crippen LogP contribution is 2.66. The highest BCUT2D eigenvalue weighted by Gasteiger charge is 2.67. The number of hydrogen-bond donors (Lipinski definition) is 0. The first-order valence-electron chi connectivity index (χ1n) is 9.98. The van der Waals surface area contributed by atoms with Crippen molar-refractivity contribution in [2.24, 2.45) is 28.6 Å². The number of fused-ring (bicyclic) bond motifs is 5. The second-order valence-corrected chi connectivity index (χ2v) is 9.24. The van der Waals surface area contributed by atoms with E-state index in [1.807, 2.05) is 0 Å². The van der Waals surface area contributed by atoms with Gasteiger partial charge in [0.1, 0.15) is 0 Å². The Morgan fingerprint density at radius 1 is 1.07 bits per heavy atom. The molecule has 0 N–H and O–H groups in total. The monoisotopic (exact) mass is 368 g/mol. The largest absolute Gasteiger partial charge is 0.451 e. The second kappa shape index (κ2) is 5.76. The van der Waals surface area contributed by atoms with Crippen LogP contribution in [0.4, 0.5) is 0 Å². The molecule has 4 aliphatic rings. The first kappa shape index (κ1) is 18.4. The number of carbonyl (C=O) groups is 3. The van der Waals surface area contributed by atoms with Gasteiger partial charge in [-0.1, -0.05) is 32.1 Å². The van der Waals surface area contributed by atoms with Crippen molar-refractivity contribution in [1.29, 1.82) is 0 Å². The first-order chi connectivity index (χ1) is 12.6. The Labute approximate surface area is 160 Å². The number of esters is 1. The van der Waals surface area contributed by atoms with Crippen LogP contribution >= 0.6 is 0 Å². The molecule has 0 aliphatic heterocycles. The van der Waals surface area contributed by atoms with Crippen molar-refractivity contribution < 1.29 is 19.1 Å². The van der Waals surface area contributed by atoms with Crippen LogP contribution in [0.1, 0.15) is 53.4 Å². The lowest BCUT2D eigenvalue weighted by molar-refractivity contribution is -0.184. The quantitative estimate of drug-likeness (QED) is 0.692. The van der Waals surface area contributed by atoms with Gasteiger partial charge in [0, 0.05) is 17.8 Å². The van der Waals surface area contributed by atoms with Crippen LogP contribution in [0.3, 0.4) is 0 Å². The van der Waals surface area contributed by atoms with E-state index >= 15 is 0 Å². The first-order valence-corrected chi connectivity index (χ1v) is 9.98. The molecule has 0 bridgehead atoms. The van der Waals surface area contributed by atoms with Crippen LogP contribution in [0.15, 0.2) is 36.0 Å². The van der Waals surface area contributed by atoms with Crippen LogP contribution in [-0.2, 0) is 19.1 Å². The summed E-state index contributed by atoms with van der Waals surface area (Å²) < 4.78 is 5.78. The Morgan fingerprint density at radius 3 is 2.44 bits per heavy atom. The number of ether oxygens (including phenoxy) is 1. The topological polar surface area (TPSA) is 60.4 Å². The maximum atomic E-state index is 12.7. The summed E-state index contributed by atoms with van der Waals surface area (Å²) in [7, 11) is 0. The molecule has 0 amide bonds. The minimum atomic E-state index is -1.00. The molecule has 0 radical (unpaired) electrons. The summed E-state index contributed by atoms with van der Waals surface area (Å²) >= 11 is 0. The van der Waals surface area contributed by atoms with Gasteiger partial charge in [-0.15, -0.1) is 0 Å². The van der Waals surface area contributed by atoms with E-state index in [9.17, 15) is 14.4 Å². The maximum Gasteiger partial charge on any atom is 0.303 e. The highest BCUT2D eigenvalue weighted by atomic mass is 16.6. The Kier molecular flexibility index (Phi) is 3.93. The molecule has 27 heavy (non-hydrogen) atoms. The van der Waals surface area contributed by atoms with E-state index < -0.39 is 5.60 Å². The van der Waals surface area contributed by atoms with Crippen LogP contribution < -0.4 is 0 Å². The minimum Gasteiger partial charge on any atom is -0.451 e. The van der Waals surface area contributed by atoms with Crippen molar-refractivity contribution >= 4 is 17.5 Å². The lowest BCUT2D eigenvalue weighted by Crippen LogP contribution is -2.57. The van der Waals surface area contributed by atoms with Gasteiger partial charge in [-0.2, -0.15) is 0 Å². The average molecular weight is 368 g/mol. The van der Waals surface area contributed by atoms with Gasteiger partial charge in [0.25, 0.3) is 0 Å². The summed E-state index contributed by atoms with van der Waals surface area (Å²) in [5, 5.41) is 0. The van der Waals surface area contributed by atoms with Gasteiger partial charge in [0.15, 0.2) is 17.2 Å². The maximum absolute atomic E-state index is 12.7. The summed E-state index contributed by atoms with van der Waals surface area (Å²) in [5.41, 5.74) is -0.396. The molecule has 0 heterocycles. The van der Waals surface area contributed by atoms with E-state index in [2.05, 4.69) is 32.1 Å². The smallest absolute Gasteiger partial charge is 0.303 e. The molecule has 4 rings (SSSR count). The fraction of sp³-hybridized carbons (Fsp3) is 0.609. The number of carbonyl (C=O) groups excluding carboxylic acids is 3. The van der Waals surface area contributed by atoms with Crippen LogP contribution in [0.25, 0.3) is 0 Å². The number of hydrogen-bond acceptors (Lipinski definition) is 4. The molecular formula is C23H28O4. The third-order valence-corrected chi connectivity index (χ3v) is 8.12. The van der Waals surface area contributed by atoms with Crippen molar-refractivity contribution in [3.8, 4) is 0 Å². The molecule has 4 heteroatoms. The van der Waals surface area contributed by atoms with Crippen LogP contribution in [0, 0.1) is 28.6 Å². The third kappa shape index (κ3) is 2.31. The van der Waals surface area contributed by atoms with E-state index in [4.69, 9.17) is 4.74 Å². The van der Waals surface area contributed by atoms with Crippen LogP contribution in [0.5, 0.6) is 0 Å². The van der Waals surface area contributed by atoms with E-state index in [1.165, 1.54) is 6.92 Å². The fourth-order valence-electron chi connectivity index (χ4n) is 6.71. The van der Waals surface area contributed by atoms with Crippen LogP contribution in [-0.4, -0.2) is 23.1 Å². The summed E-state index contributed by atoms with van der Waals surface area (Å²) in [6, 6.07) is 0. The molecule has 0 saturated heterocycles. The molecule has 0 aromatic rings. The average Bonchev–Trinajstić information content (AvgIpc) is 2.89. The lowest BCUT2D eigenvalue weighted by atomic mass is 9.49. The number of allylic oxidation sites excluding steroid dienone is 6. The molecule has 4 aliphatic carbocycles. The third-order valence-electron chi connectivity index (χ3n) is 8.12. The van der Waals surface area contributed by atoms with E-state index in [0.29, 0.717) is 24.2 Å². The standard InChI is InChI=1S/C23H28O4/c1-14(24)23(27-15(2)25)12-9-20-18-6-5-16-13-17(26)7-10-21(16,3)19(18)8-11-22(20,23)4/h5-7,10,13,18-20H,8-9,11-12H2,1-4H3/t18-,19-,20-,21+,22-,23+/m1/s1. The summed E-state index contributed by atoms with van der Waals surface area (Å²) in [5.74, 6) is 0.657. The molecule has 4 nitrogen and oxygen atoms in total. The SMILES string of the molecule is CC(=O)O[C@]1(C(C)=O)CC[C@@H]2[C@@H]3C=CC4=CC(=O)C=C[C@]4(C)[C@@H]3CC[C@]21C. The summed E-state index contributed by atoms with van der Waals surface area (Å²) in [6.07, 6.45) is 13.2. The van der Waals surface area contributed by atoms with Gasteiger partial charge in [0.2, 0.25) is 0 Å². The Morgan fingerprint density at radius 2 is 1.78 bits per heavy atom.